The molecule has 0 atom stereocenters. The molecule has 10 nitrogen and oxygen atoms in total. The molecule has 0 aliphatic carbocycles. The van der Waals surface area contributed by atoms with Crippen LogP contribution in [0, 0.1) is 0 Å². The maximum atomic E-state index is 12.7. The van der Waals surface area contributed by atoms with Crippen LogP contribution in [0.1, 0.15) is 29.4 Å². The monoisotopic (exact) mass is 464 g/mol. The summed E-state index contributed by atoms with van der Waals surface area (Å²) in [4.78, 5) is 45.9. The van der Waals surface area contributed by atoms with E-state index in [9.17, 15) is 14.4 Å². The lowest BCUT2D eigenvalue weighted by molar-refractivity contribution is -0.546. The Morgan fingerprint density at radius 3 is 2.88 bits per heavy atom. The van der Waals surface area contributed by atoms with Gasteiger partial charge in [-0.3, -0.25) is 9.36 Å². The molecular weight excluding hydrogens is 438 g/mol. The van der Waals surface area contributed by atoms with E-state index in [1.54, 1.807) is 25.3 Å². The highest BCUT2D eigenvalue weighted by atomic mass is 16.5. The number of fused-ring (bicyclic) bond motifs is 2. The van der Waals surface area contributed by atoms with Crippen LogP contribution in [0.2, 0.25) is 0 Å². The predicted molar refractivity (Wildman–Crippen MR) is 126 cm³/mol. The van der Waals surface area contributed by atoms with Crippen LogP contribution in [0.15, 0.2) is 40.1 Å². The molecule has 0 unspecified atom stereocenters. The van der Waals surface area contributed by atoms with Gasteiger partial charge in [0.15, 0.2) is 18.8 Å². The zero-order valence-electron chi connectivity index (χ0n) is 19.2. The first-order valence-electron chi connectivity index (χ1n) is 11.3. The summed E-state index contributed by atoms with van der Waals surface area (Å²) in [6, 6.07) is 7.17. The second-order valence-corrected chi connectivity index (χ2v) is 8.39. The SMILES string of the molecule is CCn1c(=O)[nH]c2cc3c(cc2c1=O)OCCC1=[N+](CCN(c2ccc(C(=O)OC)nc2)C1)C3. The van der Waals surface area contributed by atoms with Gasteiger partial charge in [-0.1, -0.05) is 0 Å². The Kier molecular flexibility index (Phi) is 5.64. The highest BCUT2D eigenvalue weighted by Gasteiger charge is 2.29. The number of hydrogen-bond acceptors (Lipinski definition) is 7. The molecule has 2 aliphatic rings. The number of hydrogen-bond donors (Lipinski definition) is 1. The van der Waals surface area contributed by atoms with Gasteiger partial charge in [-0.15, -0.1) is 0 Å². The van der Waals surface area contributed by atoms with Crippen molar-refractivity contribution in [2.75, 3.05) is 38.3 Å². The Balaban J connectivity index is 1.44. The lowest BCUT2D eigenvalue weighted by Crippen LogP contribution is -2.45. The van der Waals surface area contributed by atoms with E-state index in [0.29, 0.717) is 36.3 Å². The predicted octanol–water partition coefficient (Wildman–Crippen LogP) is 1.15. The Hall–Kier alpha value is -3.95. The van der Waals surface area contributed by atoms with Crippen LogP contribution in [-0.2, 0) is 17.8 Å². The number of nitrogens with one attached hydrogen (secondary N) is 1. The lowest BCUT2D eigenvalue weighted by atomic mass is 10.1. The van der Waals surface area contributed by atoms with Crippen LogP contribution in [0.4, 0.5) is 5.69 Å². The number of methoxy groups -OCH3 is 1. The van der Waals surface area contributed by atoms with Gasteiger partial charge >= 0.3 is 11.7 Å². The molecule has 3 aromatic rings. The van der Waals surface area contributed by atoms with Crippen molar-refractivity contribution >= 4 is 28.3 Å². The Bertz CT molecular complexity index is 1420. The van der Waals surface area contributed by atoms with Gasteiger partial charge in [0.05, 0.1) is 61.6 Å². The molecule has 0 saturated carbocycles. The molecule has 1 N–H and O–H groups in total. The molecule has 2 aromatic heterocycles. The van der Waals surface area contributed by atoms with Crippen molar-refractivity contribution in [1.29, 1.82) is 0 Å². The van der Waals surface area contributed by atoms with Gasteiger partial charge in [0.1, 0.15) is 11.4 Å². The van der Waals surface area contributed by atoms with Gasteiger partial charge in [0.25, 0.3) is 5.56 Å². The maximum absolute atomic E-state index is 12.7. The summed E-state index contributed by atoms with van der Waals surface area (Å²) in [7, 11) is 1.34. The normalized spacial score (nSPS) is 15.8. The number of aromatic nitrogens is 3. The van der Waals surface area contributed by atoms with Gasteiger partial charge in [0.2, 0.25) is 0 Å². The number of pyridine rings is 1. The molecular formula is C24H26N5O5+. The zero-order valence-corrected chi connectivity index (χ0v) is 19.2. The number of H-pyrrole nitrogens is 1. The molecule has 34 heavy (non-hydrogen) atoms. The van der Waals surface area contributed by atoms with Crippen molar-refractivity contribution in [2.24, 2.45) is 0 Å². The van der Waals surface area contributed by atoms with Crippen LogP contribution in [0.25, 0.3) is 10.9 Å². The van der Waals surface area contributed by atoms with Crippen LogP contribution in [0.3, 0.4) is 0 Å². The Labute approximate surface area is 195 Å². The van der Waals surface area contributed by atoms with Crippen LogP contribution in [-0.4, -0.2) is 64.1 Å². The summed E-state index contributed by atoms with van der Waals surface area (Å²) in [6.45, 7) is 5.53. The molecule has 0 amide bonds. The van der Waals surface area contributed by atoms with E-state index in [0.717, 1.165) is 37.3 Å². The highest BCUT2D eigenvalue weighted by Crippen LogP contribution is 2.27. The fraction of sp³-hybridized carbons (Fsp3) is 0.375. The third kappa shape index (κ3) is 3.85. The second-order valence-electron chi connectivity index (χ2n) is 8.39. The molecule has 4 heterocycles. The van der Waals surface area contributed by atoms with Crippen LogP contribution >= 0.6 is 0 Å². The van der Waals surface area contributed by atoms with E-state index < -0.39 is 11.7 Å². The van der Waals surface area contributed by atoms with Crippen molar-refractivity contribution in [3.63, 3.8) is 0 Å². The third-order valence-corrected chi connectivity index (χ3v) is 6.46. The molecule has 0 saturated heterocycles. The summed E-state index contributed by atoms with van der Waals surface area (Å²) >= 11 is 0. The molecule has 2 aliphatic heterocycles. The van der Waals surface area contributed by atoms with Crippen molar-refractivity contribution in [2.45, 2.75) is 26.4 Å². The molecule has 10 heteroatoms. The van der Waals surface area contributed by atoms with Crippen LogP contribution in [0.5, 0.6) is 5.75 Å². The number of rotatable bonds is 3. The molecule has 176 valence electrons. The first-order valence-corrected chi connectivity index (χ1v) is 11.3. The topological polar surface area (TPSA) is 110 Å². The summed E-state index contributed by atoms with van der Waals surface area (Å²) < 4.78 is 14.3. The maximum Gasteiger partial charge on any atom is 0.356 e. The summed E-state index contributed by atoms with van der Waals surface area (Å²) in [5.74, 6) is 0.229. The van der Waals surface area contributed by atoms with Gasteiger partial charge < -0.3 is 19.4 Å². The summed E-state index contributed by atoms with van der Waals surface area (Å²) in [5, 5.41) is 0.456. The zero-order chi connectivity index (χ0) is 23.8. The van der Waals surface area contributed by atoms with E-state index >= 15 is 0 Å². The van der Waals surface area contributed by atoms with Crippen molar-refractivity contribution < 1.29 is 18.8 Å². The lowest BCUT2D eigenvalue weighted by Gasteiger charge is -2.29. The minimum atomic E-state index is -0.455. The average Bonchev–Trinajstić information content (AvgIpc) is 2.84. The average molecular weight is 465 g/mol. The van der Waals surface area contributed by atoms with Crippen molar-refractivity contribution in [3.8, 4) is 5.75 Å². The van der Waals surface area contributed by atoms with E-state index in [-0.39, 0.29) is 11.3 Å². The smallest absolute Gasteiger partial charge is 0.356 e. The molecule has 0 bridgehead atoms. The number of aromatic amines is 1. The molecule has 5 rings (SSSR count). The molecule has 0 spiro atoms. The minimum Gasteiger partial charge on any atom is -0.492 e. The molecule has 0 radical (unpaired) electrons. The minimum absolute atomic E-state index is 0.282. The van der Waals surface area contributed by atoms with Gasteiger partial charge in [-0.2, -0.15) is 0 Å². The molecule has 1 aromatic carbocycles. The second kappa shape index (κ2) is 8.77. The number of carbonyl (C=O) groups excluding carboxylic acids is 1. The first kappa shape index (κ1) is 21.9. The van der Waals surface area contributed by atoms with E-state index in [4.69, 9.17) is 9.47 Å². The number of ether oxygens (including phenoxy) is 2. The Morgan fingerprint density at radius 2 is 2.15 bits per heavy atom. The number of anilines is 1. The van der Waals surface area contributed by atoms with E-state index in [1.807, 2.05) is 12.1 Å². The largest absolute Gasteiger partial charge is 0.492 e. The number of benzene rings is 1. The fourth-order valence-electron chi connectivity index (χ4n) is 4.60. The standard InChI is InChI=1S/C24H25N5O5/c1-3-29-22(30)18-11-21-15(10-20(18)26-24(29)32)13-27-7-8-28(14-17(27)6-9-34-21)16-4-5-19(25-12-16)23(31)33-2/h4-5,10-12H,3,6-9,13-14H2,1-2H3/p+1. The van der Waals surface area contributed by atoms with E-state index in [2.05, 4.69) is 19.4 Å². The highest BCUT2D eigenvalue weighted by molar-refractivity contribution is 5.88. The number of nitrogens with zero attached hydrogens (tertiary/aromatic N) is 4. The quantitative estimate of drug-likeness (QED) is 0.457. The van der Waals surface area contributed by atoms with Crippen molar-refractivity contribution in [1.82, 2.24) is 14.5 Å². The van der Waals surface area contributed by atoms with Crippen molar-refractivity contribution in [3.05, 3.63) is 62.6 Å². The first-order chi connectivity index (χ1) is 16.5. The fourth-order valence-corrected chi connectivity index (χ4v) is 4.60. The van der Waals surface area contributed by atoms with Crippen LogP contribution < -0.4 is 20.9 Å². The summed E-state index contributed by atoms with van der Waals surface area (Å²) in [5.41, 5.74) is 3.22. The van der Waals surface area contributed by atoms with Gasteiger partial charge in [-0.25, -0.2) is 19.1 Å². The van der Waals surface area contributed by atoms with E-state index in [1.165, 1.54) is 17.4 Å². The number of esters is 1. The molecule has 0 fully saturated rings. The summed E-state index contributed by atoms with van der Waals surface area (Å²) in [6.07, 6.45) is 2.45. The number of carbonyl (C=O) groups is 1. The Morgan fingerprint density at radius 1 is 1.29 bits per heavy atom. The van der Waals surface area contributed by atoms with Gasteiger partial charge in [-0.05, 0) is 31.2 Å². The van der Waals surface area contributed by atoms with Gasteiger partial charge in [0, 0.05) is 6.54 Å². The third-order valence-electron chi connectivity index (χ3n) is 6.46.